The van der Waals surface area contributed by atoms with Crippen LogP contribution in [0.5, 0.6) is 0 Å². The van der Waals surface area contributed by atoms with Gasteiger partial charge >= 0.3 is 0 Å². The Labute approximate surface area is 124 Å². The van der Waals surface area contributed by atoms with Gasteiger partial charge < -0.3 is 0 Å². The molecule has 1 aromatic carbocycles. The number of rotatable bonds is 6. The Morgan fingerprint density at radius 1 is 1.20 bits per heavy atom. The Kier molecular flexibility index (Phi) is 5.37. The summed E-state index contributed by atoms with van der Waals surface area (Å²) in [5.74, 6) is 0. The molecule has 0 aliphatic heterocycles. The van der Waals surface area contributed by atoms with E-state index in [0.29, 0.717) is 0 Å². The summed E-state index contributed by atoms with van der Waals surface area (Å²) in [5.41, 5.74) is 0. The average molecular weight is 338 g/mol. The van der Waals surface area contributed by atoms with Gasteiger partial charge in [-0.05, 0) is 26.0 Å². The lowest BCUT2D eigenvalue weighted by Crippen LogP contribution is -2.37. The summed E-state index contributed by atoms with van der Waals surface area (Å²) >= 11 is 0. The standard InChI is InChI=1S/C12H16ClNO4S2/c1-4-9-14(10(2)3)20(17,18)12-8-6-5-7-11(12)19(13,15)16/h4-8,10H,1,9H2,2-3H3. The molecular formula is C12H16ClNO4S2. The number of hydrogen-bond acceptors (Lipinski definition) is 4. The summed E-state index contributed by atoms with van der Waals surface area (Å²) in [4.78, 5) is -0.748. The highest BCUT2D eigenvalue weighted by molar-refractivity contribution is 8.14. The first kappa shape index (κ1) is 17.2. The van der Waals surface area contributed by atoms with Crippen molar-refractivity contribution < 1.29 is 16.8 Å². The molecule has 112 valence electrons. The third-order valence-electron chi connectivity index (χ3n) is 2.58. The lowest BCUT2D eigenvalue weighted by molar-refractivity contribution is 0.381. The van der Waals surface area contributed by atoms with Crippen LogP contribution in [0, 0.1) is 0 Å². The molecule has 0 aromatic heterocycles. The second-order valence-electron chi connectivity index (χ2n) is 4.34. The predicted molar refractivity (Wildman–Crippen MR) is 78.7 cm³/mol. The number of halogens is 1. The van der Waals surface area contributed by atoms with Crippen LogP contribution in [0.3, 0.4) is 0 Å². The van der Waals surface area contributed by atoms with E-state index in [9.17, 15) is 16.8 Å². The summed E-state index contributed by atoms with van der Waals surface area (Å²) in [6, 6.07) is 4.92. The van der Waals surface area contributed by atoms with Gasteiger partial charge in [-0.1, -0.05) is 18.2 Å². The maximum atomic E-state index is 12.6. The second kappa shape index (κ2) is 6.26. The first-order valence-corrected chi connectivity index (χ1v) is 9.53. The minimum atomic E-state index is -4.15. The Balaban J connectivity index is 3.54. The van der Waals surface area contributed by atoms with Crippen LogP contribution in [0.1, 0.15) is 13.8 Å². The van der Waals surface area contributed by atoms with Crippen LogP contribution in [-0.2, 0) is 19.1 Å². The van der Waals surface area contributed by atoms with E-state index >= 15 is 0 Å². The van der Waals surface area contributed by atoms with Crippen molar-refractivity contribution in [1.29, 1.82) is 0 Å². The Hall–Kier alpha value is -0.890. The molecule has 8 heteroatoms. The zero-order chi connectivity index (χ0) is 15.6. The summed E-state index contributed by atoms with van der Waals surface area (Å²) in [5, 5.41) is 0. The van der Waals surface area contributed by atoms with E-state index in [4.69, 9.17) is 10.7 Å². The minimum absolute atomic E-state index is 0.0800. The lowest BCUT2D eigenvalue weighted by atomic mass is 10.4. The van der Waals surface area contributed by atoms with Crippen molar-refractivity contribution in [2.24, 2.45) is 0 Å². The molecule has 0 unspecified atom stereocenters. The monoisotopic (exact) mass is 337 g/mol. The third-order valence-corrected chi connectivity index (χ3v) is 6.19. The van der Waals surface area contributed by atoms with Crippen LogP contribution in [0.2, 0.25) is 0 Å². The van der Waals surface area contributed by atoms with Crippen molar-refractivity contribution in [3.8, 4) is 0 Å². The van der Waals surface area contributed by atoms with Crippen molar-refractivity contribution in [3.63, 3.8) is 0 Å². The van der Waals surface area contributed by atoms with Crippen molar-refractivity contribution in [3.05, 3.63) is 36.9 Å². The quantitative estimate of drug-likeness (QED) is 0.589. The van der Waals surface area contributed by atoms with Gasteiger partial charge in [-0.2, -0.15) is 4.31 Å². The molecule has 0 radical (unpaired) electrons. The van der Waals surface area contributed by atoms with E-state index < -0.39 is 24.0 Å². The Morgan fingerprint density at radius 3 is 2.10 bits per heavy atom. The zero-order valence-corrected chi connectivity index (χ0v) is 13.5. The van der Waals surface area contributed by atoms with Crippen molar-refractivity contribution in [2.75, 3.05) is 6.54 Å². The van der Waals surface area contributed by atoms with Gasteiger partial charge in [-0.25, -0.2) is 16.8 Å². The zero-order valence-electron chi connectivity index (χ0n) is 11.2. The van der Waals surface area contributed by atoms with Gasteiger partial charge in [0, 0.05) is 23.3 Å². The molecule has 0 saturated heterocycles. The van der Waals surface area contributed by atoms with Gasteiger partial charge in [0.1, 0.15) is 9.79 Å². The molecule has 0 fully saturated rings. The molecule has 20 heavy (non-hydrogen) atoms. The van der Waals surface area contributed by atoms with Gasteiger partial charge in [-0.3, -0.25) is 0 Å². The third kappa shape index (κ3) is 3.60. The highest BCUT2D eigenvalue weighted by atomic mass is 35.7. The van der Waals surface area contributed by atoms with E-state index in [0.717, 1.165) is 4.31 Å². The minimum Gasteiger partial charge on any atom is -0.207 e. The predicted octanol–water partition coefficient (Wildman–Crippen LogP) is 2.20. The molecule has 1 rings (SSSR count). The molecule has 0 amide bonds. The summed E-state index contributed by atoms with van der Waals surface area (Å²) < 4.78 is 49.4. The fourth-order valence-electron chi connectivity index (χ4n) is 1.70. The normalized spacial score (nSPS) is 12.8. The molecule has 1 aromatic rings. The molecule has 0 bridgehead atoms. The maximum Gasteiger partial charge on any atom is 0.262 e. The first-order chi connectivity index (χ1) is 9.12. The van der Waals surface area contributed by atoms with Gasteiger partial charge in [-0.15, -0.1) is 6.58 Å². The highest BCUT2D eigenvalue weighted by Gasteiger charge is 2.31. The highest BCUT2D eigenvalue weighted by Crippen LogP contribution is 2.27. The second-order valence-corrected chi connectivity index (χ2v) is 8.74. The van der Waals surface area contributed by atoms with Gasteiger partial charge in [0.05, 0.1) is 0 Å². The fraction of sp³-hybridized carbons (Fsp3) is 0.333. The molecular weight excluding hydrogens is 322 g/mol. The molecule has 0 heterocycles. The molecule has 0 N–H and O–H groups in total. The van der Waals surface area contributed by atoms with E-state index in [-0.39, 0.29) is 17.5 Å². The smallest absolute Gasteiger partial charge is 0.207 e. The SMILES string of the molecule is C=CCN(C(C)C)S(=O)(=O)c1ccccc1S(=O)(=O)Cl. The Bertz CT molecular complexity index is 696. The van der Waals surface area contributed by atoms with E-state index in [1.54, 1.807) is 13.8 Å². The lowest BCUT2D eigenvalue weighted by Gasteiger charge is -2.25. The van der Waals surface area contributed by atoms with Gasteiger partial charge in [0.2, 0.25) is 10.0 Å². The van der Waals surface area contributed by atoms with Crippen LogP contribution in [-0.4, -0.2) is 33.7 Å². The van der Waals surface area contributed by atoms with Gasteiger partial charge in [0.15, 0.2) is 0 Å². The molecule has 0 aliphatic rings. The summed E-state index contributed by atoms with van der Waals surface area (Å²) in [6.07, 6.45) is 1.44. The number of sulfonamides is 1. The molecule has 0 atom stereocenters. The van der Waals surface area contributed by atoms with E-state index in [1.165, 1.54) is 30.3 Å². The average Bonchev–Trinajstić information content (AvgIpc) is 2.34. The number of benzene rings is 1. The first-order valence-electron chi connectivity index (χ1n) is 5.78. The van der Waals surface area contributed by atoms with Crippen molar-refractivity contribution in [2.45, 2.75) is 29.7 Å². The number of hydrogen-bond donors (Lipinski definition) is 0. The summed E-state index contributed by atoms with van der Waals surface area (Å²) in [6.45, 7) is 6.98. The van der Waals surface area contributed by atoms with E-state index in [1.807, 2.05) is 0 Å². The number of nitrogens with zero attached hydrogens (tertiary/aromatic N) is 1. The molecule has 0 spiro atoms. The van der Waals surface area contributed by atoms with Gasteiger partial charge in [0.25, 0.3) is 9.05 Å². The Morgan fingerprint density at radius 2 is 1.70 bits per heavy atom. The van der Waals surface area contributed by atoms with Crippen LogP contribution in [0.4, 0.5) is 0 Å². The fourth-order valence-corrected chi connectivity index (χ4v) is 5.12. The largest absolute Gasteiger partial charge is 0.262 e. The summed E-state index contributed by atoms with van der Waals surface area (Å²) in [7, 11) is -2.83. The maximum absolute atomic E-state index is 12.6. The van der Waals surface area contributed by atoms with Crippen molar-refractivity contribution >= 4 is 29.8 Å². The van der Waals surface area contributed by atoms with Crippen molar-refractivity contribution in [1.82, 2.24) is 4.31 Å². The van der Waals surface area contributed by atoms with Crippen LogP contribution in [0.25, 0.3) is 0 Å². The topological polar surface area (TPSA) is 71.5 Å². The molecule has 5 nitrogen and oxygen atoms in total. The molecule has 0 aliphatic carbocycles. The molecule has 0 saturated carbocycles. The van der Waals surface area contributed by atoms with Crippen LogP contribution in [0.15, 0.2) is 46.7 Å². The van der Waals surface area contributed by atoms with Crippen LogP contribution < -0.4 is 0 Å². The van der Waals surface area contributed by atoms with E-state index in [2.05, 4.69) is 6.58 Å². The van der Waals surface area contributed by atoms with Crippen LogP contribution >= 0.6 is 10.7 Å².